The van der Waals surface area contributed by atoms with Gasteiger partial charge in [0.05, 0.1) is 17.2 Å². The van der Waals surface area contributed by atoms with Gasteiger partial charge in [0.15, 0.2) is 5.82 Å². The van der Waals surface area contributed by atoms with E-state index in [2.05, 4.69) is 15.1 Å². The SMILES string of the molecule is CC[C@@H](C(=N)C(=O)O)C(=O)N1CCN(c2ccc(-n3c(O)nnc3-c3cc(C(C)C)c(O)cc3O)cc2)CC1. The van der Waals surface area contributed by atoms with Crippen LogP contribution < -0.4 is 4.90 Å². The summed E-state index contributed by atoms with van der Waals surface area (Å²) in [6, 6.07) is 9.80. The number of rotatable bonds is 8. The first-order chi connectivity index (χ1) is 18.5. The van der Waals surface area contributed by atoms with E-state index in [1.165, 1.54) is 10.6 Å². The minimum absolute atomic E-state index is 0.0125. The monoisotopic (exact) mass is 536 g/mol. The Kier molecular flexibility index (Phi) is 7.75. The van der Waals surface area contributed by atoms with Crippen LogP contribution in [0.25, 0.3) is 17.1 Å². The highest BCUT2D eigenvalue weighted by molar-refractivity contribution is 6.38. The number of carbonyl (C=O) groups is 2. The van der Waals surface area contributed by atoms with Crippen LogP contribution in [0.5, 0.6) is 17.5 Å². The number of nitrogens with zero attached hydrogens (tertiary/aromatic N) is 5. The second-order valence-electron chi connectivity index (χ2n) is 9.75. The maximum absolute atomic E-state index is 12.8. The van der Waals surface area contributed by atoms with Gasteiger partial charge in [0.2, 0.25) is 5.91 Å². The number of carboxylic acid groups (broad SMARTS) is 1. The average Bonchev–Trinajstić information content (AvgIpc) is 3.29. The smallest absolute Gasteiger partial charge is 0.350 e. The van der Waals surface area contributed by atoms with Gasteiger partial charge in [-0.05, 0) is 48.2 Å². The second kappa shape index (κ2) is 11.0. The lowest BCUT2D eigenvalue weighted by Crippen LogP contribution is -2.51. The molecule has 0 radical (unpaired) electrons. The van der Waals surface area contributed by atoms with E-state index in [1.54, 1.807) is 30.0 Å². The van der Waals surface area contributed by atoms with Crippen LogP contribution in [0.4, 0.5) is 5.69 Å². The number of benzene rings is 2. The molecule has 12 heteroatoms. The van der Waals surface area contributed by atoms with Gasteiger partial charge in [0.25, 0.3) is 0 Å². The maximum atomic E-state index is 12.8. The van der Waals surface area contributed by atoms with E-state index in [1.807, 2.05) is 26.0 Å². The molecule has 0 spiro atoms. The average molecular weight is 537 g/mol. The Hall–Kier alpha value is -4.61. The number of phenols is 2. The quantitative estimate of drug-likeness (QED) is 0.271. The van der Waals surface area contributed by atoms with Crippen LogP contribution in [0.15, 0.2) is 36.4 Å². The van der Waals surface area contributed by atoms with Gasteiger partial charge >= 0.3 is 12.0 Å². The molecule has 1 aliphatic heterocycles. The maximum Gasteiger partial charge on any atom is 0.350 e. The lowest BCUT2D eigenvalue weighted by atomic mass is 9.98. The first kappa shape index (κ1) is 27.4. The lowest BCUT2D eigenvalue weighted by Gasteiger charge is -2.37. The van der Waals surface area contributed by atoms with Crippen LogP contribution in [0.1, 0.15) is 38.7 Å². The Labute approximate surface area is 225 Å². The van der Waals surface area contributed by atoms with Crippen LogP contribution >= 0.6 is 0 Å². The highest BCUT2D eigenvalue weighted by Gasteiger charge is 2.32. The molecule has 206 valence electrons. The fourth-order valence-corrected chi connectivity index (χ4v) is 4.79. The van der Waals surface area contributed by atoms with Crippen molar-refractivity contribution in [3.63, 3.8) is 0 Å². The van der Waals surface area contributed by atoms with Gasteiger partial charge < -0.3 is 30.2 Å². The molecule has 2 heterocycles. The fraction of sp³-hybridized carbons (Fsp3) is 0.370. The third-order valence-electron chi connectivity index (χ3n) is 7.00. The molecule has 4 rings (SSSR count). The summed E-state index contributed by atoms with van der Waals surface area (Å²) >= 11 is 0. The Morgan fingerprint density at radius 3 is 2.13 bits per heavy atom. The summed E-state index contributed by atoms with van der Waals surface area (Å²) in [5.41, 5.74) is 1.80. The van der Waals surface area contributed by atoms with E-state index < -0.39 is 17.6 Å². The van der Waals surface area contributed by atoms with E-state index >= 15 is 0 Å². The molecular formula is C27H32N6O6. The predicted octanol–water partition coefficient (Wildman–Crippen LogP) is 2.95. The number of piperazine rings is 1. The molecule has 0 aliphatic carbocycles. The number of aromatic nitrogens is 3. The summed E-state index contributed by atoms with van der Waals surface area (Å²) in [5.74, 6) is -2.70. The first-order valence-electron chi connectivity index (χ1n) is 12.7. The van der Waals surface area contributed by atoms with E-state index in [-0.39, 0.29) is 41.6 Å². The summed E-state index contributed by atoms with van der Waals surface area (Å²) in [5, 5.41) is 55.9. The fourth-order valence-electron chi connectivity index (χ4n) is 4.79. The number of phenolic OH excluding ortho intramolecular Hbond substituents is 2. The summed E-state index contributed by atoms with van der Waals surface area (Å²) in [6.07, 6.45) is 0.254. The Morgan fingerprint density at radius 1 is 0.949 bits per heavy atom. The van der Waals surface area contributed by atoms with Crippen molar-refractivity contribution in [1.82, 2.24) is 19.7 Å². The second-order valence-corrected chi connectivity index (χ2v) is 9.75. The van der Waals surface area contributed by atoms with Crippen LogP contribution in [-0.2, 0) is 9.59 Å². The molecule has 2 aromatic carbocycles. The number of hydrogen-bond acceptors (Lipinski definition) is 9. The van der Waals surface area contributed by atoms with Gasteiger partial charge in [0.1, 0.15) is 17.2 Å². The molecule has 1 atom stereocenters. The highest BCUT2D eigenvalue weighted by atomic mass is 16.4. The molecule has 0 bridgehead atoms. The topological polar surface area (TPSA) is 176 Å². The van der Waals surface area contributed by atoms with Crippen molar-refractivity contribution >= 4 is 23.3 Å². The molecule has 39 heavy (non-hydrogen) atoms. The normalized spacial score (nSPS) is 14.5. The third kappa shape index (κ3) is 5.35. The Morgan fingerprint density at radius 2 is 1.56 bits per heavy atom. The zero-order valence-corrected chi connectivity index (χ0v) is 22.0. The molecular weight excluding hydrogens is 504 g/mol. The van der Waals surface area contributed by atoms with Crippen LogP contribution in [0.3, 0.4) is 0 Å². The Balaban J connectivity index is 1.52. The highest BCUT2D eigenvalue weighted by Crippen LogP contribution is 2.39. The number of aliphatic carboxylic acids is 1. The summed E-state index contributed by atoms with van der Waals surface area (Å²) < 4.78 is 1.40. The minimum Gasteiger partial charge on any atom is -0.508 e. The summed E-state index contributed by atoms with van der Waals surface area (Å²) in [4.78, 5) is 27.7. The van der Waals surface area contributed by atoms with Gasteiger partial charge in [-0.2, -0.15) is 0 Å². The summed E-state index contributed by atoms with van der Waals surface area (Å²) in [7, 11) is 0. The van der Waals surface area contributed by atoms with Crippen molar-refractivity contribution < 1.29 is 30.0 Å². The van der Waals surface area contributed by atoms with E-state index in [0.29, 0.717) is 43.0 Å². The number of hydrogen-bond donors (Lipinski definition) is 5. The number of amides is 1. The van der Waals surface area contributed by atoms with Crippen LogP contribution in [-0.4, -0.2) is 83.9 Å². The summed E-state index contributed by atoms with van der Waals surface area (Å²) in [6.45, 7) is 7.39. The number of aromatic hydroxyl groups is 3. The molecule has 1 amide bonds. The van der Waals surface area contributed by atoms with Crippen molar-refractivity contribution in [2.24, 2.45) is 5.92 Å². The molecule has 1 aliphatic rings. The van der Waals surface area contributed by atoms with E-state index in [0.717, 1.165) is 5.69 Å². The first-order valence-corrected chi connectivity index (χ1v) is 12.7. The van der Waals surface area contributed by atoms with Crippen molar-refractivity contribution in [3.8, 4) is 34.6 Å². The van der Waals surface area contributed by atoms with Gasteiger partial charge in [-0.1, -0.05) is 25.9 Å². The Bertz CT molecular complexity index is 1390. The van der Waals surface area contributed by atoms with Gasteiger partial charge in [0, 0.05) is 37.9 Å². The molecule has 12 nitrogen and oxygen atoms in total. The molecule has 0 unspecified atom stereocenters. The molecule has 1 aromatic heterocycles. The predicted molar refractivity (Wildman–Crippen MR) is 144 cm³/mol. The van der Waals surface area contributed by atoms with Crippen LogP contribution in [0.2, 0.25) is 0 Å². The minimum atomic E-state index is -1.38. The molecule has 1 saturated heterocycles. The largest absolute Gasteiger partial charge is 0.508 e. The zero-order valence-electron chi connectivity index (χ0n) is 22.0. The molecule has 0 saturated carbocycles. The van der Waals surface area contributed by atoms with Crippen LogP contribution in [0, 0.1) is 11.3 Å². The van der Waals surface area contributed by atoms with Crippen molar-refractivity contribution in [3.05, 3.63) is 42.0 Å². The molecule has 3 aromatic rings. The third-order valence-corrected chi connectivity index (χ3v) is 7.00. The standard InChI is InChI=1S/C27H32N6O6/c1-4-18(23(28)26(37)38)25(36)32-11-9-31(10-12-32)16-5-7-17(8-6-16)33-24(29-30-27(33)39)20-13-19(15(2)3)21(34)14-22(20)35/h5-8,13-15,18,28,34-35H,4,9-12H2,1-3H3,(H,30,39)(H,37,38)/t18-/m0/s1. The van der Waals surface area contributed by atoms with Gasteiger partial charge in [-0.3, -0.25) is 10.2 Å². The van der Waals surface area contributed by atoms with Crippen molar-refractivity contribution in [2.75, 3.05) is 31.1 Å². The van der Waals surface area contributed by atoms with Crippen molar-refractivity contribution in [2.45, 2.75) is 33.1 Å². The number of anilines is 1. The number of carboxylic acids is 1. The number of carbonyl (C=O) groups excluding carboxylic acids is 1. The van der Waals surface area contributed by atoms with Crippen molar-refractivity contribution in [1.29, 1.82) is 5.41 Å². The van der Waals surface area contributed by atoms with Gasteiger partial charge in [-0.25, -0.2) is 9.36 Å². The zero-order chi connectivity index (χ0) is 28.4. The van der Waals surface area contributed by atoms with Gasteiger partial charge in [-0.15, -0.1) is 5.10 Å². The van der Waals surface area contributed by atoms with E-state index in [4.69, 9.17) is 10.5 Å². The molecule has 1 fully saturated rings. The molecule has 5 N–H and O–H groups in total. The lowest BCUT2D eigenvalue weighted by molar-refractivity contribution is -0.136. The number of nitrogens with one attached hydrogen (secondary N) is 1. The van der Waals surface area contributed by atoms with E-state index in [9.17, 15) is 24.9 Å².